The smallest absolute Gasteiger partial charge is 0.323 e. The first-order chi connectivity index (χ1) is 15.2. The van der Waals surface area contributed by atoms with Crippen LogP contribution < -0.4 is 5.32 Å². The molecular formula is C27H26N2O2. The van der Waals surface area contributed by atoms with Crippen LogP contribution in [0.4, 0.5) is 0 Å². The van der Waals surface area contributed by atoms with Gasteiger partial charge in [-0.05, 0) is 29.2 Å². The van der Waals surface area contributed by atoms with Gasteiger partial charge in [0.05, 0.1) is 7.11 Å². The number of benzene rings is 3. The van der Waals surface area contributed by atoms with Gasteiger partial charge in [-0.2, -0.15) is 0 Å². The Bertz CT molecular complexity index is 1140. The molecule has 3 aromatic carbocycles. The zero-order valence-electron chi connectivity index (χ0n) is 17.5. The van der Waals surface area contributed by atoms with Crippen LogP contribution in [-0.4, -0.2) is 24.1 Å². The van der Waals surface area contributed by atoms with E-state index in [1.165, 1.54) is 34.9 Å². The number of para-hydroxylation sites is 1. The molecule has 4 aromatic rings. The maximum Gasteiger partial charge on any atom is 0.323 e. The molecule has 0 aliphatic carbocycles. The highest BCUT2D eigenvalue weighted by atomic mass is 16.5. The Morgan fingerprint density at radius 2 is 1.55 bits per heavy atom. The van der Waals surface area contributed by atoms with E-state index < -0.39 is 0 Å². The van der Waals surface area contributed by atoms with E-state index in [4.69, 9.17) is 4.74 Å². The lowest BCUT2D eigenvalue weighted by molar-refractivity contribution is -0.143. The Balaban J connectivity index is 1.58. The van der Waals surface area contributed by atoms with Crippen molar-refractivity contribution in [2.24, 2.45) is 0 Å². The fourth-order valence-electron chi connectivity index (χ4n) is 4.88. The molecule has 4 heteroatoms. The molecule has 2 N–H and O–H groups in total. The summed E-state index contributed by atoms with van der Waals surface area (Å²) in [6, 6.07) is 29.2. The molecule has 31 heavy (non-hydrogen) atoms. The number of carbonyl (C=O) groups excluding carboxylic acids is 1. The van der Waals surface area contributed by atoms with E-state index in [1.807, 2.05) is 18.2 Å². The highest BCUT2D eigenvalue weighted by Gasteiger charge is 2.35. The van der Waals surface area contributed by atoms with E-state index in [1.54, 1.807) is 0 Å². The SMILES string of the molecule is COC(=O)[C@@H]1Cc2c([nH]c3ccccc23)[C@@H](CC(c2ccccc2)c2ccccc2)N1. The molecule has 0 bridgehead atoms. The summed E-state index contributed by atoms with van der Waals surface area (Å²) in [5, 5.41) is 4.77. The maximum atomic E-state index is 12.5. The summed E-state index contributed by atoms with van der Waals surface area (Å²) >= 11 is 0. The average Bonchev–Trinajstić information content (AvgIpc) is 3.22. The first-order valence-electron chi connectivity index (χ1n) is 10.8. The van der Waals surface area contributed by atoms with Crippen molar-refractivity contribution in [3.05, 3.63) is 107 Å². The number of fused-ring (bicyclic) bond motifs is 3. The quantitative estimate of drug-likeness (QED) is 0.449. The van der Waals surface area contributed by atoms with Crippen LogP contribution in [0.15, 0.2) is 84.9 Å². The van der Waals surface area contributed by atoms with Gasteiger partial charge in [-0.25, -0.2) is 0 Å². The molecule has 1 aliphatic heterocycles. The van der Waals surface area contributed by atoms with Crippen molar-refractivity contribution >= 4 is 16.9 Å². The topological polar surface area (TPSA) is 54.1 Å². The van der Waals surface area contributed by atoms with E-state index in [9.17, 15) is 4.79 Å². The van der Waals surface area contributed by atoms with Crippen molar-refractivity contribution in [2.45, 2.75) is 30.8 Å². The molecule has 4 nitrogen and oxygen atoms in total. The zero-order valence-corrected chi connectivity index (χ0v) is 17.5. The monoisotopic (exact) mass is 410 g/mol. The van der Waals surface area contributed by atoms with Crippen molar-refractivity contribution in [3.8, 4) is 0 Å². The van der Waals surface area contributed by atoms with Gasteiger partial charge in [0.15, 0.2) is 0 Å². The number of nitrogens with one attached hydrogen (secondary N) is 2. The molecule has 1 aliphatic rings. The van der Waals surface area contributed by atoms with Gasteiger partial charge in [-0.1, -0.05) is 78.9 Å². The Kier molecular flexibility index (Phi) is 5.31. The predicted molar refractivity (Wildman–Crippen MR) is 123 cm³/mol. The second-order valence-corrected chi connectivity index (χ2v) is 8.17. The molecule has 0 saturated carbocycles. The lowest BCUT2D eigenvalue weighted by atomic mass is 9.82. The molecule has 5 rings (SSSR count). The number of H-pyrrole nitrogens is 1. The van der Waals surface area contributed by atoms with E-state index >= 15 is 0 Å². The first-order valence-corrected chi connectivity index (χ1v) is 10.8. The van der Waals surface area contributed by atoms with Gasteiger partial charge < -0.3 is 9.72 Å². The Morgan fingerprint density at radius 1 is 0.935 bits per heavy atom. The number of esters is 1. The van der Waals surface area contributed by atoms with Gasteiger partial charge in [0.2, 0.25) is 0 Å². The molecular weight excluding hydrogens is 384 g/mol. The molecule has 1 aromatic heterocycles. The minimum atomic E-state index is -0.353. The third-order valence-electron chi connectivity index (χ3n) is 6.37. The van der Waals surface area contributed by atoms with Crippen molar-refractivity contribution < 1.29 is 9.53 Å². The van der Waals surface area contributed by atoms with Crippen LogP contribution in [0.1, 0.15) is 40.8 Å². The normalized spacial score (nSPS) is 18.1. The van der Waals surface area contributed by atoms with Gasteiger partial charge in [-0.15, -0.1) is 0 Å². The molecule has 0 fully saturated rings. The number of carbonyl (C=O) groups is 1. The highest BCUT2D eigenvalue weighted by molar-refractivity contribution is 5.87. The third-order valence-corrected chi connectivity index (χ3v) is 6.37. The fraction of sp³-hybridized carbons (Fsp3) is 0.222. The van der Waals surface area contributed by atoms with Crippen LogP contribution >= 0.6 is 0 Å². The van der Waals surface area contributed by atoms with Crippen molar-refractivity contribution in [3.63, 3.8) is 0 Å². The summed E-state index contributed by atoms with van der Waals surface area (Å²) in [6.07, 6.45) is 1.46. The summed E-state index contributed by atoms with van der Waals surface area (Å²) in [4.78, 5) is 16.1. The summed E-state index contributed by atoms with van der Waals surface area (Å²) in [7, 11) is 1.46. The number of aromatic amines is 1. The Hall–Kier alpha value is -3.37. The zero-order chi connectivity index (χ0) is 21.2. The summed E-state index contributed by atoms with van der Waals surface area (Å²) < 4.78 is 5.10. The van der Waals surface area contributed by atoms with Crippen LogP contribution in [0.3, 0.4) is 0 Å². The fourth-order valence-corrected chi connectivity index (χ4v) is 4.88. The maximum absolute atomic E-state index is 12.5. The predicted octanol–water partition coefficient (Wildman–Crippen LogP) is 5.12. The number of rotatable bonds is 5. The van der Waals surface area contributed by atoms with Gasteiger partial charge >= 0.3 is 5.97 Å². The Morgan fingerprint density at radius 3 is 2.19 bits per heavy atom. The van der Waals surface area contributed by atoms with E-state index in [0.29, 0.717) is 6.42 Å². The van der Waals surface area contributed by atoms with Crippen LogP contribution in [0.5, 0.6) is 0 Å². The van der Waals surface area contributed by atoms with E-state index in [0.717, 1.165) is 11.9 Å². The number of ether oxygens (including phenoxy) is 1. The van der Waals surface area contributed by atoms with Gasteiger partial charge in [0.25, 0.3) is 0 Å². The van der Waals surface area contributed by atoms with Gasteiger partial charge in [-0.3, -0.25) is 10.1 Å². The van der Waals surface area contributed by atoms with E-state index in [-0.39, 0.29) is 24.0 Å². The van der Waals surface area contributed by atoms with Crippen molar-refractivity contribution in [1.82, 2.24) is 10.3 Å². The summed E-state index contributed by atoms with van der Waals surface area (Å²) in [5.41, 5.74) is 6.05. The largest absolute Gasteiger partial charge is 0.468 e. The number of hydrogen-bond acceptors (Lipinski definition) is 3. The second-order valence-electron chi connectivity index (χ2n) is 8.17. The molecule has 0 unspecified atom stereocenters. The molecule has 2 atom stereocenters. The van der Waals surface area contributed by atoms with Crippen LogP contribution in [0, 0.1) is 0 Å². The highest BCUT2D eigenvalue weighted by Crippen LogP contribution is 2.39. The number of hydrogen-bond donors (Lipinski definition) is 2. The molecule has 0 spiro atoms. The van der Waals surface area contributed by atoms with Gasteiger partial charge in [0.1, 0.15) is 6.04 Å². The lowest BCUT2D eigenvalue weighted by Crippen LogP contribution is -2.45. The minimum absolute atomic E-state index is 0.00524. The average molecular weight is 411 g/mol. The molecule has 0 saturated heterocycles. The summed E-state index contributed by atoms with van der Waals surface area (Å²) in [5.74, 6) is -0.00698. The summed E-state index contributed by atoms with van der Waals surface area (Å²) in [6.45, 7) is 0. The Labute approximate surface area is 182 Å². The van der Waals surface area contributed by atoms with Gasteiger partial charge in [0, 0.05) is 35.0 Å². The molecule has 0 amide bonds. The molecule has 2 heterocycles. The van der Waals surface area contributed by atoms with E-state index in [2.05, 4.69) is 77.0 Å². The molecule has 0 radical (unpaired) electrons. The molecule has 156 valence electrons. The second kappa shape index (κ2) is 8.40. The minimum Gasteiger partial charge on any atom is -0.468 e. The number of methoxy groups -OCH3 is 1. The van der Waals surface area contributed by atoms with Crippen molar-refractivity contribution in [2.75, 3.05) is 7.11 Å². The van der Waals surface area contributed by atoms with Crippen LogP contribution in [0.25, 0.3) is 10.9 Å². The van der Waals surface area contributed by atoms with Crippen molar-refractivity contribution in [1.29, 1.82) is 0 Å². The number of aromatic nitrogens is 1. The van der Waals surface area contributed by atoms with Crippen LogP contribution in [0.2, 0.25) is 0 Å². The third kappa shape index (κ3) is 3.75. The standard InChI is InChI=1S/C27H26N2O2/c1-31-27(30)25-17-22-20-14-8-9-15-23(20)29-26(22)24(28-25)16-21(18-10-4-2-5-11-18)19-12-6-3-7-13-19/h2-15,21,24-25,28-29H,16-17H2,1H3/t24-,25+/m1/s1. The van der Waals surface area contributed by atoms with Crippen LogP contribution in [-0.2, 0) is 16.0 Å². The first kappa shape index (κ1) is 19.6. The lowest BCUT2D eigenvalue weighted by Gasteiger charge is -2.32.